The molecular formula is C8H3F3Na2O5. The van der Waals surface area contributed by atoms with Gasteiger partial charge in [-0.15, -0.1) is 0 Å². The number of allylic oxidation sites excluding steroid dienone is 2. The Morgan fingerprint density at radius 2 is 1.72 bits per heavy atom. The Kier molecular flexibility index (Phi) is 7.87. The van der Waals surface area contributed by atoms with Crippen LogP contribution in [-0.2, 0) is 9.59 Å². The number of carbonyl (C=O) groups is 2. The van der Waals surface area contributed by atoms with Crippen LogP contribution in [0.25, 0.3) is 0 Å². The Bertz CT molecular complexity index is 436. The van der Waals surface area contributed by atoms with E-state index in [1.54, 1.807) is 0 Å². The van der Waals surface area contributed by atoms with Gasteiger partial charge in [0.05, 0.1) is 17.9 Å². The molecule has 0 fully saturated rings. The standard InChI is InChI=1S/C8H5F3O5.2Na/c9-3-1-2(6(13)14)8(11,7(15)16)5(12)4(3)10;;/h1-2,12H,(H,13,14)(H,15,16);;/q;2*+1/p-2. The fourth-order valence-electron chi connectivity index (χ4n) is 1.21. The number of carboxylic acids is 2. The largest absolute Gasteiger partial charge is 1.00 e. The number of rotatable bonds is 2. The molecule has 0 radical (unpaired) electrons. The molecule has 0 saturated carbocycles. The van der Waals surface area contributed by atoms with Crippen LogP contribution in [0.15, 0.2) is 23.5 Å². The van der Waals surface area contributed by atoms with Gasteiger partial charge in [-0.05, 0) is 6.08 Å². The van der Waals surface area contributed by atoms with Crippen molar-refractivity contribution in [3.8, 4) is 0 Å². The quantitative estimate of drug-likeness (QED) is 0.507. The van der Waals surface area contributed by atoms with Crippen LogP contribution in [0.3, 0.4) is 0 Å². The zero-order valence-corrected chi connectivity index (χ0v) is 13.4. The summed E-state index contributed by atoms with van der Waals surface area (Å²) < 4.78 is 38.9. The number of hydrogen-bond acceptors (Lipinski definition) is 5. The molecule has 0 aliphatic heterocycles. The van der Waals surface area contributed by atoms with E-state index in [1.165, 1.54) is 0 Å². The summed E-state index contributed by atoms with van der Waals surface area (Å²) in [6, 6.07) is 0. The second kappa shape index (κ2) is 6.97. The molecule has 0 aromatic heterocycles. The molecule has 0 spiro atoms. The van der Waals surface area contributed by atoms with Crippen molar-refractivity contribution < 1.29 is 97.2 Å². The third kappa shape index (κ3) is 3.12. The zero-order valence-electron chi connectivity index (χ0n) is 9.37. The molecule has 0 aromatic rings. The van der Waals surface area contributed by atoms with Gasteiger partial charge in [-0.3, -0.25) is 0 Å². The van der Waals surface area contributed by atoms with Crippen molar-refractivity contribution in [3.05, 3.63) is 23.5 Å². The Balaban J connectivity index is 0. The molecule has 10 heteroatoms. The fourth-order valence-corrected chi connectivity index (χ4v) is 1.21. The van der Waals surface area contributed by atoms with E-state index in [0.717, 1.165) is 0 Å². The summed E-state index contributed by atoms with van der Waals surface area (Å²) in [5.41, 5.74) is -4.08. The molecular weight excluding hydrogens is 279 g/mol. The predicted octanol–water partition coefficient (Wildman–Crippen LogP) is -7.58. The normalized spacial score (nSPS) is 26.6. The first-order valence-corrected chi connectivity index (χ1v) is 3.81. The zero-order chi connectivity index (χ0) is 12.7. The molecule has 0 saturated heterocycles. The van der Waals surface area contributed by atoms with E-state index < -0.39 is 40.9 Å². The van der Waals surface area contributed by atoms with Crippen molar-refractivity contribution in [1.82, 2.24) is 0 Å². The molecule has 1 aliphatic carbocycles. The number of halogens is 3. The van der Waals surface area contributed by atoms with Crippen LogP contribution in [0.5, 0.6) is 0 Å². The van der Waals surface area contributed by atoms with Crippen molar-refractivity contribution in [2.45, 2.75) is 5.67 Å². The second-order valence-electron chi connectivity index (χ2n) is 2.97. The van der Waals surface area contributed by atoms with Crippen LogP contribution in [0.1, 0.15) is 0 Å². The van der Waals surface area contributed by atoms with E-state index in [-0.39, 0.29) is 65.2 Å². The van der Waals surface area contributed by atoms with Gasteiger partial charge in [-0.25, -0.2) is 8.78 Å². The summed E-state index contributed by atoms with van der Waals surface area (Å²) >= 11 is 0. The molecule has 1 N–H and O–H groups in total. The number of aliphatic carboxylic acids is 2. The van der Waals surface area contributed by atoms with E-state index in [4.69, 9.17) is 5.11 Å². The van der Waals surface area contributed by atoms with Gasteiger partial charge in [0.2, 0.25) is 5.67 Å². The van der Waals surface area contributed by atoms with Gasteiger partial charge >= 0.3 is 59.1 Å². The molecule has 2 unspecified atom stereocenters. The summed E-state index contributed by atoms with van der Waals surface area (Å²) in [6.07, 6.45) is -0.153. The van der Waals surface area contributed by atoms with E-state index in [0.29, 0.717) is 0 Å². The summed E-state index contributed by atoms with van der Waals surface area (Å²) in [5.74, 6) is -14.0. The third-order valence-electron chi connectivity index (χ3n) is 2.05. The minimum absolute atomic E-state index is 0. The summed E-state index contributed by atoms with van der Waals surface area (Å²) in [6.45, 7) is 0. The Morgan fingerprint density at radius 3 is 2.06 bits per heavy atom. The first-order chi connectivity index (χ1) is 7.22. The smallest absolute Gasteiger partial charge is 0.549 e. The van der Waals surface area contributed by atoms with E-state index in [2.05, 4.69) is 0 Å². The van der Waals surface area contributed by atoms with Crippen molar-refractivity contribution in [2.24, 2.45) is 5.92 Å². The van der Waals surface area contributed by atoms with Crippen LogP contribution in [0, 0.1) is 5.92 Å². The van der Waals surface area contributed by atoms with Crippen LogP contribution < -0.4 is 69.3 Å². The van der Waals surface area contributed by atoms with Crippen LogP contribution in [0.2, 0.25) is 0 Å². The maximum Gasteiger partial charge on any atom is 1.00 e. The van der Waals surface area contributed by atoms with Gasteiger partial charge in [0.15, 0.2) is 17.4 Å². The molecule has 0 heterocycles. The van der Waals surface area contributed by atoms with Crippen molar-refractivity contribution >= 4 is 11.9 Å². The van der Waals surface area contributed by atoms with Gasteiger partial charge in [0.25, 0.3) is 0 Å². The fraction of sp³-hybridized carbons (Fsp3) is 0.250. The molecule has 88 valence electrons. The first-order valence-electron chi connectivity index (χ1n) is 3.81. The summed E-state index contributed by atoms with van der Waals surface area (Å²) in [7, 11) is 0. The van der Waals surface area contributed by atoms with E-state index >= 15 is 0 Å². The third-order valence-corrected chi connectivity index (χ3v) is 2.05. The minimum atomic E-state index is -4.08. The Labute approximate surface area is 143 Å². The second-order valence-corrected chi connectivity index (χ2v) is 2.97. The molecule has 0 amide bonds. The van der Waals surface area contributed by atoms with Gasteiger partial charge in [-0.2, -0.15) is 4.39 Å². The number of carbonyl (C=O) groups excluding carboxylic acids is 2. The van der Waals surface area contributed by atoms with Gasteiger partial charge in [0, 0.05) is 0 Å². The van der Waals surface area contributed by atoms with Crippen molar-refractivity contribution in [1.29, 1.82) is 0 Å². The average Bonchev–Trinajstić information content (AvgIpc) is 2.19. The Morgan fingerprint density at radius 1 is 1.28 bits per heavy atom. The predicted molar refractivity (Wildman–Crippen MR) is 37.3 cm³/mol. The molecule has 0 aromatic carbocycles. The van der Waals surface area contributed by atoms with Gasteiger partial charge in [-0.1, -0.05) is 0 Å². The van der Waals surface area contributed by atoms with E-state index in [9.17, 15) is 33.0 Å². The molecule has 1 rings (SSSR count). The van der Waals surface area contributed by atoms with Gasteiger partial charge < -0.3 is 24.9 Å². The van der Waals surface area contributed by atoms with Crippen LogP contribution >= 0.6 is 0 Å². The molecule has 5 nitrogen and oxygen atoms in total. The van der Waals surface area contributed by atoms with Gasteiger partial charge in [0.1, 0.15) is 0 Å². The summed E-state index contributed by atoms with van der Waals surface area (Å²) in [5, 5.41) is 29.5. The Hall–Kier alpha value is 0.0100. The topological polar surface area (TPSA) is 100 Å². The number of carboxylic acid groups (broad SMARTS) is 2. The number of aliphatic hydroxyl groups excluding tert-OH is 1. The van der Waals surface area contributed by atoms with E-state index in [1.807, 2.05) is 0 Å². The number of hydrogen-bond donors (Lipinski definition) is 1. The SMILES string of the molecule is O=C([O-])C1C=C(F)C(F)=C(O)C1(F)C(=O)[O-].[Na+].[Na+]. The maximum absolute atomic E-state index is 13.6. The average molecular weight is 282 g/mol. The first kappa shape index (κ1) is 20.3. The van der Waals surface area contributed by atoms with Crippen molar-refractivity contribution in [3.63, 3.8) is 0 Å². The van der Waals surface area contributed by atoms with Crippen LogP contribution in [-0.4, -0.2) is 22.7 Å². The summed E-state index contributed by atoms with van der Waals surface area (Å²) in [4.78, 5) is 20.7. The monoisotopic (exact) mass is 282 g/mol. The van der Waals surface area contributed by atoms with Crippen LogP contribution in [0.4, 0.5) is 13.2 Å². The molecule has 2 atom stereocenters. The maximum atomic E-state index is 13.6. The molecule has 0 bridgehead atoms. The number of aliphatic hydroxyl groups is 1. The minimum Gasteiger partial charge on any atom is -0.549 e. The molecule has 1 aliphatic rings. The molecule has 18 heavy (non-hydrogen) atoms. The van der Waals surface area contributed by atoms with Crippen molar-refractivity contribution in [2.75, 3.05) is 0 Å². The number of alkyl halides is 1.